The molecule has 2 atom stereocenters. The second-order valence-electron chi connectivity index (χ2n) is 5.45. The molecule has 0 spiro atoms. The first kappa shape index (κ1) is 13.3. The Bertz CT molecular complexity index is 324. The predicted octanol–water partition coefficient (Wildman–Crippen LogP) is 0.195. The molecule has 0 radical (unpaired) electrons. The van der Waals surface area contributed by atoms with Gasteiger partial charge in [0.15, 0.2) is 0 Å². The highest BCUT2D eigenvalue weighted by Gasteiger charge is 2.30. The van der Waals surface area contributed by atoms with Gasteiger partial charge in [0.25, 0.3) is 0 Å². The van der Waals surface area contributed by atoms with Gasteiger partial charge in [-0.3, -0.25) is 9.59 Å². The fourth-order valence-corrected chi connectivity index (χ4v) is 2.95. The maximum absolute atomic E-state index is 12.3. The molecule has 2 amide bonds. The number of carbonyl (C=O) groups is 2. The number of amides is 2. The topological polar surface area (TPSA) is 66.6 Å². The lowest BCUT2D eigenvalue weighted by Gasteiger charge is -2.37. The van der Waals surface area contributed by atoms with Crippen LogP contribution in [0.25, 0.3) is 0 Å². The number of hydrogen-bond donors (Lipinski definition) is 1. The molecule has 1 aliphatic carbocycles. The lowest BCUT2D eigenvalue weighted by Crippen LogP contribution is -2.52. The Morgan fingerprint density at radius 2 is 1.67 bits per heavy atom. The molecule has 2 N–H and O–H groups in total. The number of nitrogens with two attached hydrogens (primary N) is 1. The van der Waals surface area contributed by atoms with Gasteiger partial charge in [-0.15, -0.1) is 0 Å². The fraction of sp³-hybridized carbons (Fsp3) is 0.846. The molecule has 0 bridgehead atoms. The van der Waals surface area contributed by atoms with Crippen molar-refractivity contribution in [1.82, 2.24) is 9.80 Å². The van der Waals surface area contributed by atoms with Crippen LogP contribution >= 0.6 is 0 Å². The summed E-state index contributed by atoms with van der Waals surface area (Å²) in [4.78, 5) is 27.3. The van der Waals surface area contributed by atoms with Crippen molar-refractivity contribution in [3.63, 3.8) is 0 Å². The van der Waals surface area contributed by atoms with Gasteiger partial charge in [-0.1, -0.05) is 6.42 Å². The molecule has 1 heterocycles. The molecule has 1 aliphatic heterocycles. The zero-order valence-corrected chi connectivity index (χ0v) is 11.1. The average molecular weight is 253 g/mol. The van der Waals surface area contributed by atoms with Gasteiger partial charge in [0, 0.05) is 45.1 Å². The minimum atomic E-state index is 0.0989. The number of rotatable bonds is 1. The smallest absolute Gasteiger partial charge is 0.225 e. The number of piperazine rings is 1. The van der Waals surface area contributed by atoms with E-state index in [0.29, 0.717) is 26.2 Å². The quantitative estimate of drug-likeness (QED) is 0.725. The first-order valence-electron chi connectivity index (χ1n) is 6.88. The van der Waals surface area contributed by atoms with Crippen LogP contribution in [0.2, 0.25) is 0 Å². The molecular formula is C13H23N3O2. The molecule has 5 nitrogen and oxygen atoms in total. The molecule has 18 heavy (non-hydrogen) atoms. The Labute approximate surface area is 108 Å². The summed E-state index contributed by atoms with van der Waals surface area (Å²) in [5, 5.41) is 0. The third-order valence-corrected chi connectivity index (χ3v) is 4.10. The van der Waals surface area contributed by atoms with Crippen molar-refractivity contribution in [3.05, 3.63) is 0 Å². The third-order valence-electron chi connectivity index (χ3n) is 4.10. The van der Waals surface area contributed by atoms with E-state index >= 15 is 0 Å². The first-order chi connectivity index (χ1) is 8.58. The molecule has 0 aromatic rings. The van der Waals surface area contributed by atoms with E-state index in [1.165, 1.54) is 0 Å². The van der Waals surface area contributed by atoms with Crippen molar-refractivity contribution in [1.29, 1.82) is 0 Å². The van der Waals surface area contributed by atoms with Crippen molar-refractivity contribution < 1.29 is 9.59 Å². The summed E-state index contributed by atoms with van der Waals surface area (Å²) in [7, 11) is 0. The molecule has 1 saturated carbocycles. The Morgan fingerprint density at radius 3 is 2.22 bits per heavy atom. The van der Waals surface area contributed by atoms with Crippen molar-refractivity contribution in [2.75, 3.05) is 26.2 Å². The summed E-state index contributed by atoms with van der Waals surface area (Å²) in [5.74, 6) is 0.452. The van der Waals surface area contributed by atoms with Crippen LogP contribution in [0.1, 0.15) is 32.6 Å². The molecule has 0 unspecified atom stereocenters. The Hall–Kier alpha value is -1.10. The maximum Gasteiger partial charge on any atom is 0.225 e. The van der Waals surface area contributed by atoms with Crippen molar-refractivity contribution >= 4 is 11.8 Å². The van der Waals surface area contributed by atoms with E-state index in [4.69, 9.17) is 5.73 Å². The van der Waals surface area contributed by atoms with Crippen LogP contribution in [-0.2, 0) is 9.59 Å². The normalized spacial score (nSPS) is 29.2. The predicted molar refractivity (Wildman–Crippen MR) is 68.8 cm³/mol. The van der Waals surface area contributed by atoms with Gasteiger partial charge in [0.1, 0.15) is 0 Å². The van der Waals surface area contributed by atoms with Gasteiger partial charge in [0.05, 0.1) is 0 Å². The van der Waals surface area contributed by atoms with Crippen LogP contribution < -0.4 is 5.73 Å². The van der Waals surface area contributed by atoms with Gasteiger partial charge in [-0.2, -0.15) is 0 Å². The average Bonchev–Trinajstić information content (AvgIpc) is 2.38. The molecule has 0 aromatic heterocycles. The highest BCUT2D eigenvalue weighted by atomic mass is 16.2. The van der Waals surface area contributed by atoms with Crippen LogP contribution in [0.5, 0.6) is 0 Å². The molecule has 1 saturated heterocycles. The van der Waals surface area contributed by atoms with E-state index in [-0.39, 0.29) is 23.8 Å². The molecule has 5 heteroatoms. The van der Waals surface area contributed by atoms with E-state index in [1.54, 1.807) is 11.8 Å². The van der Waals surface area contributed by atoms with E-state index in [0.717, 1.165) is 25.7 Å². The SMILES string of the molecule is CC(=O)N1CCN(C(=O)[C@@H]2CCC[C@@H](N)C2)CC1. The van der Waals surface area contributed by atoms with E-state index in [2.05, 4.69) is 0 Å². The van der Waals surface area contributed by atoms with Crippen molar-refractivity contribution in [2.45, 2.75) is 38.6 Å². The van der Waals surface area contributed by atoms with Gasteiger partial charge in [0.2, 0.25) is 11.8 Å². The molecular weight excluding hydrogens is 230 g/mol. The van der Waals surface area contributed by atoms with Crippen LogP contribution in [0.3, 0.4) is 0 Å². The fourth-order valence-electron chi connectivity index (χ4n) is 2.95. The summed E-state index contributed by atoms with van der Waals surface area (Å²) in [5.41, 5.74) is 5.93. The van der Waals surface area contributed by atoms with Gasteiger partial charge >= 0.3 is 0 Å². The van der Waals surface area contributed by atoms with Gasteiger partial charge in [-0.05, 0) is 19.3 Å². The molecule has 2 aliphatic rings. The molecule has 2 rings (SSSR count). The van der Waals surface area contributed by atoms with Gasteiger partial charge < -0.3 is 15.5 Å². The Balaban J connectivity index is 1.85. The second-order valence-corrected chi connectivity index (χ2v) is 5.45. The van der Waals surface area contributed by atoms with E-state index < -0.39 is 0 Å². The van der Waals surface area contributed by atoms with Crippen molar-refractivity contribution in [3.8, 4) is 0 Å². The zero-order valence-electron chi connectivity index (χ0n) is 11.1. The number of carbonyl (C=O) groups excluding carboxylic acids is 2. The number of hydrogen-bond acceptors (Lipinski definition) is 3. The van der Waals surface area contributed by atoms with Crippen molar-refractivity contribution in [2.24, 2.45) is 11.7 Å². The van der Waals surface area contributed by atoms with E-state index in [9.17, 15) is 9.59 Å². The summed E-state index contributed by atoms with van der Waals surface area (Å²) >= 11 is 0. The van der Waals surface area contributed by atoms with E-state index in [1.807, 2.05) is 4.90 Å². The summed E-state index contributed by atoms with van der Waals surface area (Å²) in [6, 6.07) is 0.186. The maximum atomic E-state index is 12.3. The Morgan fingerprint density at radius 1 is 1.06 bits per heavy atom. The highest BCUT2D eigenvalue weighted by molar-refractivity contribution is 5.79. The summed E-state index contributed by atoms with van der Waals surface area (Å²) in [6.07, 6.45) is 3.90. The summed E-state index contributed by atoms with van der Waals surface area (Å²) < 4.78 is 0. The summed E-state index contributed by atoms with van der Waals surface area (Å²) in [6.45, 7) is 4.26. The largest absolute Gasteiger partial charge is 0.339 e. The Kier molecular flexibility index (Phi) is 4.22. The zero-order chi connectivity index (χ0) is 13.1. The number of nitrogens with zero attached hydrogens (tertiary/aromatic N) is 2. The second kappa shape index (κ2) is 5.69. The molecule has 2 fully saturated rings. The molecule has 102 valence electrons. The lowest BCUT2D eigenvalue weighted by atomic mass is 9.85. The van der Waals surface area contributed by atoms with Gasteiger partial charge in [-0.25, -0.2) is 0 Å². The monoisotopic (exact) mass is 253 g/mol. The minimum Gasteiger partial charge on any atom is -0.339 e. The first-order valence-corrected chi connectivity index (χ1v) is 6.88. The van der Waals surface area contributed by atoms with Crippen LogP contribution in [0, 0.1) is 5.92 Å². The molecule has 0 aromatic carbocycles. The van der Waals surface area contributed by atoms with Crippen LogP contribution in [-0.4, -0.2) is 53.8 Å². The standard InChI is InChI=1S/C13H23N3O2/c1-10(17)15-5-7-16(8-6-15)13(18)11-3-2-4-12(14)9-11/h11-12H,2-9,14H2,1H3/t11-,12-/m1/s1. The highest BCUT2D eigenvalue weighted by Crippen LogP contribution is 2.25. The minimum absolute atomic E-state index is 0.0989. The van der Waals surface area contributed by atoms with Crippen LogP contribution in [0.4, 0.5) is 0 Å². The third kappa shape index (κ3) is 3.02. The van der Waals surface area contributed by atoms with Crippen LogP contribution in [0.15, 0.2) is 0 Å². The lowest BCUT2D eigenvalue weighted by molar-refractivity contribution is -0.142.